The highest BCUT2D eigenvalue weighted by Crippen LogP contribution is 2.69. The number of imide groups is 1. The van der Waals surface area contributed by atoms with Gasteiger partial charge < -0.3 is 9.72 Å². The van der Waals surface area contributed by atoms with Gasteiger partial charge >= 0.3 is 4.87 Å². The number of hydrogen-bond acceptors (Lipinski definition) is 6. The molecule has 3 fully saturated rings. The first-order valence-corrected chi connectivity index (χ1v) is 17.6. The average molecular weight is 739 g/mol. The molecule has 2 amide bonds. The molecule has 2 aliphatic carbocycles. The van der Waals surface area contributed by atoms with Gasteiger partial charge in [0.25, 0.3) is 0 Å². The van der Waals surface area contributed by atoms with Gasteiger partial charge in [0.15, 0.2) is 0 Å². The fourth-order valence-corrected chi connectivity index (χ4v) is 11.5. The molecule has 1 aromatic heterocycles. The number of aryl methyl sites for hydroxylation is 1. The zero-order valence-corrected chi connectivity index (χ0v) is 27.8. The third-order valence-electron chi connectivity index (χ3n) is 9.63. The minimum absolute atomic E-state index is 0.0312. The van der Waals surface area contributed by atoms with Crippen molar-refractivity contribution in [3.05, 3.63) is 107 Å². The van der Waals surface area contributed by atoms with Crippen molar-refractivity contribution in [3.8, 4) is 5.75 Å². The Hall–Kier alpha value is -2.66. The van der Waals surface area contributed by atoms with E-state index < -0.39 is 0 Å². The van der Waals surface area contributed by atoms with E-state index in [0.717, 1.165) is 42.1 Å². The van der Waals surface area contributed by atoms with Gasteiger partial charge in [0.2, 0.25) is 11.8 Å². The predicted octanol–water partition coefficient (Wildman–Crippen LogP) is 7.53. The Morgan fingerprint density at radius 3 is 2.35 bits per heavy atom. The molecule has 1 N–H and O–H groups in total. The van der Waals surface area contributed by atoms with Crippen molar-refractivity contribution in [1.29, 1.82) is 0 Å². The minimum atomic E-state index is -0.355. The molecule has 6 unspecified atom stereocenters. The summed E-state index contributed by atoms with van der Waals surface area (Å²) in [7, 11) is 0. The van der Waals surface area contributed by atoms with Crippen molar-refractivity contribution in [2.24, 2.45) is 29.6 Å². The number of fused-ring (bicyclic) bond motifs is 9. The molecule has 4 aromatic rings. The lowest BCUT2D eigenvalue weighted by atomic mass is 9.68. The van der Waals surface area contributed by atoms with Crippen LogP contribution in [-0.2, 0) is 16.2 Å². The Kier molecular flexibility index (Phi) is 6.78. The third-order valence-corrected chi connectivity index (χ3v) is 13.2. The van der Waals surface area contributed by atoms with E-state index in [9.17, 15) is 14.4 Å². The number of aromatic nitrogens is 1. The zero-order chi connectivity index (χ0) is 29.6. The first-order chi connectivity index (χ1) is 20.8. The van der Waals surface area contributed by atoms with Gasteiger partial charge in [0.05, 0.1) is 22.5 Å². The molecule has 2 saturated carbocycles. The molecule has 3 heterocycles. The first kappa shape index (κ1) is 27.9. The molecule has 2 aliphatic heterocycles. The van der Waals surface area contributed by atoms with Crippen LogP contribution in [0.5, 0.6) is 5.75 Å². The number of halogens is 2. The Labute approximate surface area is 273 Å². The number of nitrogens with zero attached hydrogens (tertiary/aromatic N) is 1. The average Bonchev–Trinajstić information content (AvgIpc) is 3.73. The van der Waals surface area contributed by atoms with Crippen LogP contribution in [0.3, 0.4) is 0 Å². The number of carbonyl (C=O) groups excluding carboxylic acids is 2. The number of anilines is 1. The second kappa shape index (κ2) is 10.5. The summed E-state index contributed by atoms with van der Waals surface area (Å²) in [5.74, 6) is -0.0394. The van der Waals surface area contributed by atoms with Crippen molar-refractivity contribution >= 4 is 72.5 Å². The number of carbonyl (C=O) groups is 2. The normalized spacial score (nSPS) is 28.6. The molecule has 1 saturated heterocycles. The Balaban J connectivity index is 1.20. The Morgan fingerprint density at radius 2 is 1.60 bits per heavy atom. The number of benzene rings is 3. The number of nitrogens with one attached hydrogen (secondary N) is 1. The highest BCUT2D eigenvalue weighted by atomic mass is 79.9. The van der Waals surface area contributed by atoms with E-state index in [0.29, 0.717) is 12.3 Å². The molecule has 7 atom stereocenters. The molecule has 218 valence electrons. The molecule has 3 aromatic carbocycles. The molecule has 0 spiro atoms. The van der Waals surface area contributed by atoms with Gasteiger partial charge in [-0.1, -0.05) is 73.0 Å². The lowest BCUT2D eigenvalue weighted by molar-refractivity contribution is -0.123. The standard InChI is InChI=1S/C33H26Br2N2O4S2/c1-15-2-4-16(5-3-15)14-41-23-11-8-18(35)12-20(23)24-25-21-13-22(28(25)42-30-29(24)43-33(40)36-30)27-26(21)31(38)37(32(27)39)19-9-6-17(34)7-10-19/h2-12,21-22,24-28H,13-14H2,1H3,(H,36,40)/t21?,22?,24-,25?,26?,27?,28?/m1/s1. The number of thioether (sulfide) groups is 1. The fourth-order valence-electron chi connectivity index (χ4n) is 7.95. The van der Waals surface area contributed by atoms with Gasteiger partial charge in [-0.15, -0.1) is 11.8 Å². The summed E-state index contributed by atoms with van der Waals surface area (Å²) in [6.45, 7) is 2.49. The zero-order valence-electron chi connectivity index (χ0n) is 23.0. The summed E-state index contributed by atoms with van der Waals surface area (Å²) in [6, 6.07) is 21.8. The van der Waals surface area contributed by atoms with Gasteiger partial charge in [-0.2, -0.15) is 0 Å². The number of hydrogen-bond donors (Lipinski definition) is 1. The van der Waals surface area contributed by atoms with Crippen molar-refractivity contribution in [3.63, 3.8) is 0 Å². The summed E-state index contributed by atoms with van der Waals surface area (Å²) in [4.78, 5) is 46.1. The number of H-pyrrole nitrogens is 1. The number of amides is 2. The van der Waals surface area contributed by atoms with E-state index in [-0.39, 0.29) is 57.4 Å². The van der Waals surface area contributed by atoms with Gasteiger partial charge in [0, 0.05) is 30.6 Å². The molecule has 0 radical (unpaired) electrons. The van der Waals surface area contributed by atoms with Crippen LogP contribution in [-0.4, -0.2) is 22.0 Å². The van der Waals surface area contributed by atoms with Crippen LogP contribution in [0.4, 0.5) is 5.69 Å². The van der Waals surface area contributed by atoms with Crippen LogP contribution in [0.15, 0.2) is 85.5 Å². The fraction of sp³-hybridized carbons (Fsp3) is 0.303. The Bertz CT molecular complexity index is 1840. The van der Waals surface area contributed by atoms with E-state index in [2.05, 4.69) is 74.1 Å². The van der Waals surface area contributed by atoms with Gasteiger partial charge in [-0.25, -0.2) is 0 Å². The number of rotatable bonds is 5. The predicted molar refractivity (Wildman–Crippen MR) is 175 cm³/mol. The topological polar surface area (TPSA) is 79.5 Å². The van der Waals surface area contributed by atoms with E-state index in [1.807, 2.05) is 36.4 Å². The van der Waals surface area contributed by atoms with Crippen LogP contribution < -0.4 is 14.5 Å². The monoisotopic (exact) mass is 736 g/mol. The van der Waals surface area contributed by atoms with E-state index in [1.165, 1.54) is 21.8 Å². The molecule has 8 rings (SSSR count). The first-order valence-electron chi connectivity index (χ1n) is 14.3. The van der Waals surface area contributed by atoms with E-state index in [1.54, 1.807) is 11.8 Å². The summed E-state index contributed by atoms with van der Waals surface area (Å²) in [5, 5.41) is 0.996. The van der Waals surface area contributed by atoms with Crippen molar-refractivity contribution < 1.29 is 14.3 Å². The maximum atomic E-state index is 14.0. The van der Waals surface area contributed by atoms with Crippen molar-refractivity contribution in [2.75, 3.05) is 4.90 Å². The molecule has 6 nitrogen and oxygen atoms in total. The molecule has 10 heteroatoms. The largest absolute Gasteiger partial charge is 0.489 e. The van der Waals surface area contributed by atoms with Crippen LogP contribution in [0.2, 0.25) is 0 Å². The highest BCUT2D eigenvalue weighted by molar-refractivity contribution is 9.10. The maximum Gasteiger partial charge on any atom is 0.305 e. The van der Waals surface area contributed by atoms with Crippen molar-refractivity contribution in [1.82, 2.24) is 4.98 Å². The van der Waals surface area contributed by atoms with Crippen LogP contribution >= 0.6 is 55.0 Å². The highest BCUT2D eigenvalue weighted by Gasteiger charge is 2.69. The van der Waals surface area contributed by atoms with Gasteiger partial charge in [-0.3, -0.25) is 19.3 Å². The minimum Gasteiger partial charge on any atom is -0.489 e. The second-order valence-electron chi connectivity index (χ2n) is 11.9. The smallest absolute Gasteiger partial charge is 0.305 e. The molecular formula is C33H26Br2N2O4S2. The lowest BCUT2D eigenvalue weighted by Crippen LogP contribution is -2.42. The molecular weight excluding hydrogens is 712 g/mol. The quantitative estimate of drug-likeness (QED) is 0.215. The summed E-state index contributed by atoms with van der Waals surface area (Å²) >= 11 is 10.1. The van der Waals surface area contributed by atoms with Gasteiger partial charge in [0.1, 0.15) is 12.4 Å². The van der Waals surface area contributed by atoms with Gasteiger partial charge in [-0.05, 0) is 79.1 Å². The summed E-state index contributed by atoms with van der Waals surface area (Å²) in [6.07, 6.45) is 0.840. The van der Waals surface area contributed by atoms with Crippen LogP contribution in [0.25, 0.3) is 0 Å². The molecule has 4 aliphatic rings. The lowest BCUT2D eigenvalue weighted by Gasteiger charge is -2.43. The number of aromatic amines is 1. The Morgan fingerprint density at radius 1 is 0.907 bits per heavy atom. The summed E-state index contributed by atoms with van der Waals surface area (Å²) < 4.78 is 8.31. The maximum absolute atomic E-state index is 14.0. The number of thiazole rings is 1. The number of ether oxygens (including phenoxy) is 1. The van der Waals surface area contributed by atoms with Crippen LogP contribution in [0.1, 0.15) is 33.9 Å². The third kappa shape index (κ3) is 4.42. The molecule has 43 heavy (non-hydrogen) atoms. The van der Waals surface area contributed by atoms with E-state index in [4.69, 9.17) is 4.74 Å². The van der Waals surface area contributed by atoms with E-state index >= 15 is 0 Å². The SMILES string of the molecule is Cc1ccc(COc2ccc(Br)cc2[C@H]2c3sc(=O)[nH]c3SC3C4CC(C5C(=O)N(c6ccc(Br)cc6)C(=O)C45)C32)cc1. The van der Waals surface area contributed by atoms with Crippen LogP contribution in [0, 0.1) is 36.5 Å². The molecule has 2 bridgehead atoms. The van der Waals surface area contributed by atoms with Crippen molar-refractivity contribution in [2.45, 2.75) is 36.1 Å². The second-order valence-corrected chi connectivity index (χ2v) is 15.9. The summed E-state index contributed by atoms with van der Waals surface area (Å²) in [5.41, 5.74) is 3.91.